The van der Waals surface area contributed by atoms with Gasteiger partial charge >= 0.3 is 5.51 Å². The number of methoxy groups -OCH3 is 1. The number of fused-ring (bicyclic) bond motifs is 2. The predicted octanol–water partition coefficient (Wildman–Crippen LogP) is 4.44. The Labute approximate surface area is 251 Å². The molecule has 1 aromatic carbocycles. The van der Waals surface area contributed by atoms with Gasteiger partial charge in [0.2, 0.25) is 0 Å². The van der Waals surface area contributed by atoms with Crippen LogP contribution in [0.4, 0.5) is 24.7 Å². The first kappa shape index (κ1) is 29.5. The molecular formula is C30H33F3N6O3S. The molecular weight excluding hydrogens is 581 g/mol. The van der Waals surface area contributed by atoms with Crippen LogP contribution in [0.25, 0.3) is 5.52 Å². The zero-order valence-electron chi connectivity index (χ0n) is 24.1. The Hall–Kier alpha value is -3.60. The Balaban J connectivity index is 1.22. The van der Waals surface area contributed by atoms with Gasteiger partial charge in [-0.1, -0.05) is 12.0 Å². The second-order valence-electron chi connectivity index (χ2n) is 11.5. The van der Waals surface area contributed by atoms with Crippen LogP contribution in [0, 0.1) is 17.8 Å². The Morgan fingerprint density at radius 2 is 2.09 bits per heavy atom. The number of thioether (sulfide) groups is 1. The van der Waals surface area contributed by atoms with E-state index in [1.54, 1.807) is 34.8 Å². The molecule has 2 atom stereocenters. The van der Waals surface area contributed by atoms with Gasteiger partial charge in [-0.05, 0) is 73.7 Å². The summed E-state index contributed by atoms with van der Waals surface area (Å²) in [7, 11) is 3.03. The van der Waals surface area contributed by atoms with Gasteiger partial charge in [0.05, 0.1) is 48.5 Å². The molecule has 1 amide bonds. The van der Waals surface area contributed by atoms with Crippen LogP contribution in [-0.2, 0) is 4.74 Å². The van der Waals surface area contributed by atoms with Crippen LogP contribution >= 0.6 is 11.8 Å². The third-order valence-corrected chi connectivity index (χ3v) is 9.40. The first-order valence-corrected chi connectivity index (χ1v) is 14.9. The smallest absolute Gasteiger partial charge is 0.446 e. The molecule has 3 N–H and O–H groups in total. The van der Waals surface area contributed by atoms with Gasteiger partial charge in [-0.25, -0.2) is 4.52 Å². The Morgan fingerprint density at radius 3 is 2.77 bits per heavy atom. The van der Waals surface area contributed by atoms with E-state index in [2.05, 4.69) is 44.7 Å². The molecule has 2 aromatic heterocycles. The van der Waals surface area contributed by atoms with E-state index in [1.807, 2.05) is 6.07 Å². The van der Waals surface area contributed by atoms with Crippen molar-refractivity contribution in [3.63, 3.8) is 0 Å². The van der Waals surface area contributed by atoms with Crippen molar-refractivity contribution in [3.8, 4) is 17.6 Å². The van der Waals surface area contributed by atoms with Crippen molar-refractivity contribution < 1.29 is 27.4 Å². The fourth-order valence-electron chi connectivity index (χ4n) is 5.99. The Kier molecular flexibility index (Phi) is 7.64. The molecule has 43 heavy (non-hydrogen) atoms. The number of alkyl halides is 3. The average Bonchev–Trinajstić information content (AvgIpc) is 3.58. The number of hydrogen-bond acceptors (Lipinski definition) is 8. The van der Waals surface area contributed by atoms with Gasteiger partial charge in [0.1, 0.15) is 17.3 Å². The van der Waals surface area contributed by atoms with Crippen LogP contribution in [-0.4, -0.2) is 84.0 Å². The summed E-state index contributed by atoms with van der Waals surface area (Å²) in [5.41, 5.74) is -3.06. The van der Waals surface area contributed by atoms with Crippen LogP contribution in [0.15, 0.2) is 41.3 Å². The van der Waals surface area contributed by atoms with Crippen LogP contribution in [0.1, 0.15) is 35.8 Å². The topological polar surface area (TPSA) is 92.2 Å². The second kappa shape index (κ2) is 11.2. The number of aromatic nitrogens is 2. The fourth-order valence-corrected chi connectivity index (χ4v) is 6.67. The molecule has 1 aliphatic carbocycles. The number of nitrogens with one attached hydrogen (secondary N) is 3. The van der Waals surface area contributed by atoms with Crippen molar-refractivity contribution >= 4 is 34.7 Å². The molecule has 3 aromatic rings. The summed E-state index contributed by atoms with van der Waals surface area (Å²) in [6, 6.07) is 10.2. The number of halogens is 3. The molecule has 0 radical (unpaired) electrons. The molecule has 228 valence electrons. The summed E-state index contributed by atoms with van der Waals surface area (Å²) in [4.78, 5) is 14.4. The summed E-state index contributed by atoms with van der Waals surface area (Å²) >= 11 is -0.204. The number of carbonyl (C=O) groups is 1. The largest absolute Gasteiger partial charge is 0.495 e. The van der Waals surface area contributed by atoms with Gasteiger partial charge < -0.3 is 25.4 Å². The molecule has 9 nitrogen and oxygen atoms in total. The number of anilines is 2. The maximum absolute atomic E-state index is 13.6. The van der Waals surface area contributed by atoms with Crippen molar-refractivity contribution in [2.75, 3.05) is 57.6 Å². The summed E-state index contributed by atoms with van der Waals surface area (Å²) in [6.07, 6.45) is 1.95. The van der Waals surface area contributed by atoms with E-state index in [0.717, 1.165) is 39.1 Å². The molecule has 0 spiro atoms. The number of nitrogens with zero attached hydrogens (tertiary/aromatic N) is 3. The lowest BCUT2D eigenvalue weighted by Crippen LogP contribution is -2.62. The van der Waals surface area contributed by atoms with Gasteiger partial charge in [-0.15, -0.1) is 0 Å². The maximum atomic E-state index is 13.6. The van der Waals surface area contributed by atoms with E-state index < -0.39 is 5.51 Å². The Bertz CT molecular complexity index is 1610. The maximum Gasteiger partial charge on any atom is 0.446 e. The zero-order valence-corrected chi connectivity index (χ0v) is 24.9. The highest BCUT2D eigenvalue weighted by molar-refractivity contribution is 8.00. The second-order valence-corrected chi connectivity index (χ2v) is 12.5. The van der Waals surface area contributed by atoms with E-state index in [4.69, 9.17) is 9.47 Å². The summed E-state index contributed by atoms with van der Waals surface area (Å²) in [5.74, 6) is 7.04. The van der Waals surface area contributed by atoms with E-state index >= 15 is 0 Å². The number of amides is 1. The molecule has 3 aliphatic rings. The fraction of sp³-hybridized carbons (Fsp3) is 0.467. The van der Waals surface area contributed by atoms with E-state index in [0.29, 0.717) is 34.3 Å². The minimum Gasteiger partial charge on any atom is -0.495 e. The summed E-state index contributed by atoms with van der Waals surface area (Å²) in [5, 5.41) is 13.9. The van der Waals surface area contributed by atoms with E-state index in [9.17, 15) is 18.0 Å². The van der Waals surface area contributed by atoms with Crippen molar-refractivity contribution in [1.29, 1.82) is 0 Å². The predicted molar refractivity (Wildman–Crippen MR) is 159 cm³/mol. The number of likely N-dealkylation sites (tertiary alicyclic amines) is 1. The molecule has 0 bridgehead atoms. The quantitative estimate of drug-likeness (QED) is 0.254. The SMILES string of the molecule is CNC(=O)c1ccc(NCC#Cc2nn3c(NC45CCN(C6(C)COC6)CC4C5)cccc3c2SC(F)(F)F)c(OC)c1. The number of ether oxygens (including phenoxy) is 2. The van der Waals surface area contributed by atoms with Crippen LogP contribution in [0.2, 0.25) is 0 Å². The van der Waals surface area contributed by atoms with Gasteiger partial charge in [0, 0.05) is 31.2 Å². The molecule has 4 heterocycles. The van der Waals surface area contributed by atoms with Crippen LogP contribution in [0.5, 0.6) is 5.75 Å². The minimum absolute atomic E-state index is 0.0336. The van der Waals surface area contributed by atoms with Gasteiger partial charge in [0.25, 0.3) is 5.91 Å². The van der Waals surface area contributed by atoms with Crippen molar-refractivity contribution in [1.82, 2.24) is 19.8 Å². The minimum atomic E-state index is -4.50. The average molecular weight is 615 g/mol. The van der Waals surface area contributed by atoms with Gasteiger partial charge in [-0.3, -0.25) is 9.69 Å². The highest BCUT2D eigenvalue weighted by Crippen LogP contribution is 2.53. The normalized spacial score (nSPS) is 22.5. The lowest BCUT2D eigenvalue weighted by Gasteiger charge is -2.49. The molecule has 2 unspecified atom stereocenters. The number of carbonyl (C=O) groups excluding carboxylic acids is 1. The van der Waals surface area contributed by atoms with Crippen molar-refractivity contribution in [2.45, 2.75) is 41.2 Å². The Morgan fingerprint density at radius 1 is 1.28 bits per heavy atom. The molecule has 3 fully saturated rings. The van der Waals surface area contributed by atoms with Crippen molar-refractivity contribution in [2.24, 2.45) is 5.92 Å². The number of piperidine rings is 1. The van der Waals surface area contributed by atoms with Gasteiger partial charge in [0.15, 0.2) is 0 Å². The molecule has 2 aliphatic heterocycles. The summed E-state index contributed by atoms with van der Waals surface area (Å²) < 4.78 is 53.3. The summed E-state index contributed by atoms with van der Waals surface area (Å²) in [6.45, 7) is 5.78. The van der Waals surface area contributed by atoms with Crippen LogP contribution in [0.3, 0.4) is 0 Å². The highest BCUT2D eigenvalue weighted by atomic mass is 32.2. The number of rotatable bonds is 8. The standard InChI is InChI=1S/C30H33F3N6O3S/c1-28(17-42-18-28)38-13-11-29(15-20(29)16-38)36-25-8-4-7-23-26(43-30(31,32)33)22(37-39(23)25)6-5-12-35-21-10-9-19(27(40)34-2)14-24(21)41-3/h4,7-10,14,20,35-36H,11-13,15-18H2,1-3H3,(H,34,40). The van der Waals surface area contributed by atoms with E-state index in [-0.39, 0.29) is 45.9 Å². The molecule has 6 rings (SSSR count). The monoisotopic (exact) mass is 614 g/mol. The highest BCUT2D eigenvalue weighted by Gasteiger charge is 2.59. The number of pyridine rings is 1. The number of hydrogen-bond donors (Lipinski definition) is 3. The molecule has 2 saturated heterocycles. The molecule has 13 heteroatoms. The lowest BCUT2D eigenvalue weighted by molar-refractivity contribution is -0.136. The van der Waals surface area contributed by atoms with Crippen molar-refractivity contribution in [3.05, 3.63) is 47.7 Å². The van der Waals surface area contributed by atoms with Crippen LogP contribution < -0.4 is 20.7 Å². The molecule has 1 saturated carbocycles. The first-order chi connectivity index (χ1) is 20.5. The zero-order chi connectivity index (χ0) is 30.4. The first-order valence-electron chi connectivity index (χ1n) is 14.1. The third-order valence-electron chi connectivity index (χ3n) is 8.56. The number of benzene rings is 1. The van der Waals surface area contributed by atoms with Gasteiger partial charge in [-0.2, -0.15) is 18.3 Å². The van der Waals surface area contributed by atoms with E-state index in [1.165, 1.54) is 14.2 Å². The lowest BCUT2D eigenvalue weighted by atomic mass is 9.93. The third kappa shape index (κ3) is 5.83.